The Balaban J connectivity index is 2.74. The number of aromatic nitrogens is 1. The van der Waals surface area contributed by atoms with E-state index in [0.29, 0.717) is 5.56 Å². The largest absolute Gasteiger partial charge is 0.465 e. The minimum Gasteiger partial charge on any atom is -0.465 e. The first-order valence-electron chi connectivity index (χ1n) is 6.16. The van der Waals surface area contributed by atoms with Crippen LogP contribution in [0.15, 0.2) is 30.5 Å². The molecule has 0 aliphatic heterocycles. The summed E-state index contributed by atoms with van der Waals surface area (Å²) in [5.74, 6) is -2.03. The number of halogens is 4. The van der Waals surface area contributed by atoms with E-state index in [9.17, 15) is 22.4 Å². The summed E-state index contributed by atoms with van der Waals surface area (Å²) in [6, 6.07) is 4.82. The molecule has 7 heteroatoms. The minimum atomic E-state index is -4.74. The third kappa shape index (κ3) is 2.93. The molecule has 0 N–H and O–H groups in total. The third-order valence-electron chi connectivity index (χ3n) is 2.99. The number of alkyl halides is 3. The maximum atomic E-state index is 14.4. The highest BCUT2D eigenvalue weighted by atomic mass is 19.4. The summed E-state index contributed by atoms with van der Waals surface area (Å²) in [7, 11) is 1.06. The smallest absolute Gasteiger partial charge is 0.433 e. The van der Waals surface area contributed by atoms with Crippen molar-refractivity contribution in [2.45, 2.75) is 13.1 Å². The highest BCUT2D eigenvalue weighted by molar-refractivity contribution is 5.92. The van der Waals surface area contributed by atoms with Gasteiger partial charge in [0, 0.05) is 17.3 Å². The molecule has 1 aromatic heterocycles. The number of hydrogen-bond donors (Lipinski definition) is 0. The van der Waals surface area contributed by atoms with E-state index in [4.69, 9.17) is 0 Å². The van der Waals surface area contributed by atoms with Crippen molar-refractivity contribution in [3.8, 4) is 11.1 Å². The highest BCUT2D eigenvalue weighted by Gasteiger charge is 2.36. The van der Waals surface area contributed by atoms with Crippen molar-refractivity contribution in [1.82, 2.24) is 4.98 Å². The Hall–Kier alpha value is -2.44. The van der Waals surface area contributed by atoms with E-state index in [1.165, 1.54) is 18.2 Å². The minimum absolute atomic E-state index is 0.346. The summed E-state index contributed by atoms with van der Waals surface area (Å²) in [5.41, 5.74) is -1.99. The van der Waals surface area contributed by atoms with Crippen LogP contribution in [0.2, 0.25) is 0 Å². The van der Waals surface area contributed by atoms with Gasteiger partial charge in [0.2, 0.25) is 0 Å². The number of methoxy groups -OCH3 is 1. The van der Waals surface area contributed by atoms with Gasteiger partial charge in [0.05, 0.1) is 12.7 Å². The van der Waals surface area contributed by atoms with E-state index in [1.54, 1.807) is 6.92 Å². The van der Waals surface area contributed by atoms with Gasteiger partial charge in [0.25, 0.3) is 0 Å². The second-order valence-electron chi connectivity index (χ2n) is 4.56. The molecule has 0 atom stereocenters. The molecule has 0 amide bonds. The predicted octanol–water partition coefficient (Wildman–Crippen LogP) is 4.00. The Bertz CT molecular complexity index is 726. The van der Waals surface area contributed by atoms with Gasteiger partial charge < -0.3 is 4.74 Å². The van der Waals surface area contributed by atoms with Crippen LogP contribution in [0.3, 0.4) is 0 Å². The van der Waals surface area contributed by atoms with Crippen LogP contribution in [0.4, 0.5) is 17.6 Å². The van der Waals surface area contributed by atoms with Crippen LogP contribution in [0.1, 0.15) is 21.6 Å². The van der Waals surface area contributed by atoms with E-state index in [1.807, 2.05) is 0 Å². The summed E-state index contributed by atoms with van der Waals surface area (Å²) in [5, 5.41) is 0. The quantitative estimate of drug-likeness (QED) is 0.621. The summed E-state index contributed by atoms with van der Waals surface area (Å²) in [4.78, 5) is 14.8. The van der Waals surface area contributed by atoms with Crippen molar-refractivity contribution in [1.29, 1.82) is 0 Å². The Kier molecular flexibility index (Phi) is 4.16. The lowest BCUT2D eigenvalue weighted by Gasteiger charge is -2.14. The van der Waals surface area contributed by atoms with E-state index >= 15 is 0 Å². The fourth-order valence-electron chi connectivity index (χ4n) is 2.07. The number of aryl methyl sites for hydroxylation is 1. The average Bonchev–Trinajstić information content (AvgIpc) is 2.47. The zero-order chi connectivity index (χ0) is 16.5. The van der Waals surface area contributed by atoms with Crippen LogP contribution in [0.5, 0.6) is 0 Å². The molecule has 1 aromatic carbocycles. The number of rotatable bonds is 2. The molecule has 0 spiro atoms. The van der Waals surface area contributed by atoms with Gasteiger partial charge in [-0.1, -0.05) is 6.07 Å². The van der Waals surface area contributed by atoms with Gasteiger partial charge in [-0.3, -0.25) is 4.98 Å². The maximum Gasteiger partial charge on any atom is 0.433 e. The molecular formula is C15H11F4NO2. The highest BCUT2D eigenvalue weighted by Crippen LogP contribution is 2.37. The Morgan fingerprint density at radius 3 is 2.50 bits per heavy atom. The Morgan fingerprint density at radius 1 is 1.23 bits per heavy atom. The number of hydrogen-bond acceptors (Lipinski definition) is 3. The number of carbonyl (C=O) groups is 1. The molecule has 2 aromatic rings. The summed E-state index contributed by atoms with van der Waals surface area (Å²) in [6.07, 6.45) is -3.76. The van der Waals surface area contributed by atoms with Crippen LogP contribution in [-0.4, -0.2) is 18.1 Å². The normalized spacial score (nSPS) is 11.4. The lowest BCUT2D eigenvalue weighted by molar-refractivity contribution is -0.140. The van der Waals surface area contributed by atoms with Crippen molar-refractivity contribution in [2.75, 3.05) is 7.11 Å². The summed E-state index contributed by atoms with van der Waals surface area (Å²) in [6.45, 7) is 1.54. The van der Waals surface area contributed by atoms with Crippen LogP contribution >= 0.6 is 0 Å². The molecule has 22 heavy (non-hydrogen) atoms. The van der Waals surface area contributed by atoms with Gasteiger partial charge in [-0.15, -0.1) is 0 Å². The van der Waals surface area contributed by atoms with Crippen LogP contribution < -0.4 is 0 Å². The molecule has 0 aliphatic rings. The molecule has 3 nitrogen and oxygen atoms in total. The van der Waals surface area contributed by atoms with Crippen molar-refractivity contribution in [3.05, 3.63) is 53.1 Å². The Labute approximate surface area is 123 Å². The lowest BCUT2D eigenvalue weighted by atomic mass is 9.98. The van der Waals surface area contributed by atoms with Gasteiger partial charge in [-0.2, -0.15) is 13.2 Å². The SMILES string of the molecule is COC(=O)c1cc(C)cc(-c2cccnc2C(F)(F)F)c1F. The number of carbonyl (C=O) groups excluding carboxylic acids is 1. The second-order valence-corrected chi connectivity index (χ2v) is 4.56. The molecule has 116 valence electrons. The van der Waals surface area contributed by atoms with E-state index < -0.39 is 34.8 Å². The number of pyridine rings is 1. The number of benzene rings is 1. The molecular weight excluding hydrogens is 302 g/mol. The molecule has 0 fully saturated rings. The molecule has 0 unspecified atom stereocenters. The fourth-order valence-corrected chi connectivity index (χ4v) is 2.07. The van der Waals surface area contributed by atoms with Crippen molar-refractivity contribution in [2.24, 2.45) is 0 Å². The first-order valence-corrected chi connectivity index (χ1v) is 6.16. The third-order valence-corrected chi connectivity index (χ3v) is 2.99. The first kappa shape index (κ1) is 15.9. The van der Waals surface area contributed by atoms with E-state index in [0.717, 1.165) is 19.4 Å². The zero-order valence-electron chi connectivity index (χ0n) is 11.7. The molecule has 0 saturated carbocycles. The van der Waals surface area contributed by atoms with E-state index in [-0.39, 0.29) is 5.56 Å². The van der Waals surface area contributed by atoms with Gasteiger partial charge in [0.1, 0.15) is 5.82 Å². The first-order chi connectivity index (χ1) is 10.3. The maximum absolute atomic E-state index is 14.4. The van der Waals surface area contributed by atoms with Crippen LogP contribution in [0.25, 0.3) is 11.1 Å². The summed E-state index contributed by atoms with van der Waals surface area (Å²) < 4.78 is 57.9. The Morgan fingerprint density at radius 2 is 1.91 bits per heavy atom. The molecule has 0 bridgehead atoms. The molecule has 0 aliphatic carbocycles. The lowest BCUT2D eigenvalue weighted by Crippen LogP contribution is -2.12. The average molecular weight is 313 g/mol. The molecule has 1 heterocycles. The topological polar surface area (TPSA) is 39.2 Å². The van der Waals surface area contributed by atoms with Gasteiger partial charge >= 0.3 is 12.1 Å². The standard InChI is InChI=1S/C15H11F4NO2/c1-8-6-10(12(16)11(7-8)14(21)22-2)9-4-3-5-20-13(9)15(17,18)19/h3-7H,1-2H3. The van der Waals surface area contributed by atoms with Gasteiger partial charge in [-0.25, -0.2) is 9.18 Å². The second kappa shape index (κ2) is 5.75. The zero-order valence-corrected chi connectivity index (χ0v) is 11.7. The monoisotopic (exact) mass is 313 g/mol. The predicted molar refractivity (Wildman–Crippen MR) is 70.7 cm³/mol. The van der Waals surface area contributed by atoms with Crippen LogP contribution in [-0.2, 0) is 10.9 Å². The van der Waals surface area contributed by atoms with Crippen molar-refractivity contribution >= 4 is 5.97 Å². The summed E-state index contributed by atoms with van der Waals surface area (Å²) >= 11 is 0. The van der Waals surface area contributed by atoms with Gasteiger partial charge in [-0.05, 0) is 30.7 Å². The van der Waals surface area contributed by atoms with Crippen LogP contribution in [0, 0.1) is 12.7 Å². The number of esters is 1. The molecule has 0 saturated heterocycles. The molecule has 0 radical (unpaired) electrons. The molecule has 2 rings (SSSR count). The van der Waals surface area contributed by atoms with Gasteiger partial charge in [0.15, 0.2) is 5.69 Å². The fraction of sp³-hybridized carbons (Fsp3) is 0.200. The van der Waals surface area contributed by atoms with E-state index in [2.05, 4.69) is 9.72 Å². The van der Waals surface area contributed by atoms with Crippen molar-refractivity contribution in [3.63, 3.8) is 0 Å². The number of nitrogens with zero attached hydrogens (tertiary/aromatic N) is 1. The number of ether oxygens (including phenoxy) is 1. The van der Waals surface area contributed by atoms with Crippen molar-refractivity contribution < 1.29 is 27.1 Å².